The molecule has 0 amide bonds. The second-order valence-corrected chi connectivity index (χ2v) is 7.23. The number of rotatable bonds is 6. The molecule has 0 N–H and O–H groups in total. The fraction of sp³-hybridized carbons (Fsp3) is 0.579. The number of hydrogen-bond acceptors (Lipinski definition) is 6. The summed E-state index contributed by atoms with van der Waals surface area (Å²) in [5.41, 5.74) is 0.0295. The highest BCUT2D eigenvalue weighted by Gasteiger charge is 2.33. The van der Waals surface area contributed by atoms with E-state index >= 15 is 0 Å². The number of nitrogens with zero attached hydrogens (tertiary/aromatic N) is 1. The minimum Gasteiger partial charge on any atom is -0.460 e. The van der Waals surface area contributed by atoms with Crippen LogP contribution in [0.1, 0.15) is 50.4 Å². The molecule has 7 nitrogen and oxygen atoms in total. The Balaban J connectivity index is 1.87. The molecule has 142 valence electrons. The quantitative estimate of drug-likeness (QED) is 0.434. The summed E-state index contributed by atoms with van der Waals surface area (Å²) < 4.78 is 10.5. The normalized spacial score (nSPS) is 22.7. The van der Waals surface area contributed by atoms with Crippen molar-refractivity contribution in [2.75, 3.05) is 6.61 Å². The number of esters is 2. The zero-order valence-corrected chi connectivity index (χ0v) is 15.3. The van der Waals surface area contributed by atoms with E-state index in [1.54, 1.807) is 0 Å². The van der Waals surface area contributed by atoms with Crippen LogP contribution in [0.4, 0.5) is 5.69 Å². The molecule has 3 unspecified atom stereocenters. The average Bonchev–Trinajstić information content (AvgIpc) is 2.59. The molecule has 1 aromatic carbocycles. The van der Waals surface area contributed by atoms with Crippen molar-refractivity contribution in [1.29, 1.82) is 0 Å². The van der Waals surface area contributed by atoms with Crippen LogP contribution in [0, 0.1) is 27.9 Å². The predicted octanol–water partition coefficient (Wildman–Crippen LogP) is 3.76. The van der Waals surface area contributed by atoms with Gasteiger partial charge >= 0.3 is 11.9 Å². The molecule has 0 saturated heterocycles. The molecular formula is C19H25NO6. The van der Waals surface area contributed by atoms with Gasteiger partial charge in [0, 0.05) is 12.1 Å². The molecule has 0 heterocycles. The van der Waals surface area contributed by atoms with Crippen LogP contribution in [0.3, 0.4) is 0 Å². The molecule has 0 aliphatic heterocycles. The fourth-order valence-electron chi connectivity index (χ4n) is 3.38. The molecule has 1 aliphatic rings. The molecule has 2 rings (SSSR count). The van der Waals surface area contributed by atoms with Crippen molar-refractivity contribution >= 4 is 17.6 Å². The third-order valence-electron chi connectivity index (χ3n) is 4.88. The smallest absolute Gasteiger partial charge is 0.344 e. The monoisotopic (exact) mass is 363 g/mol. The number of carbonyl (C=O) groups excluding carboxylic acids is 2. The standard InChI is InChI=1S/C19H25NO6/c1-12(2)16-9-4-13(3)10-17(16)26-18(21)11-25-19(22)14-5-7-15(8-6-14)20(23)24/h5-8,12-13,16-17H,4,9-11H2,1-3H3. The lowest BCUT2D eigenvalue weighted by Crippen LogP contribution is -2.36. The van der Waals surface area contributed by atoms with E-state index in [1.165, 1.54) is 24.3 Å². The summed E-state index contributed by atoms with van der Waals surface area (Å²) in [6.07, 6.45) is 2.83. The predicted molar refractivity (Wildman–Crippen MR) is 94.6 cm³/mol. The molecule has 1 aliphatic carbocycles. The number of nitro groups is 1. The lowest BCUT2D eigenvalue weighted by Gasteiger charge is -2.36. The van der Waals surface area contributed by atoms with Crippen LogP contribution in [0.15, 0.2) is 24.3 Å². The Labute approximate surface area is 152 Å². The van der Waals surface area contributed by atoms with Gasteiger partial charge in [0.05, 0.1) is 10.5 Å². The van der Waals surface area contributed by atoms with E-state index in [4.69, 9.17) is 9.47 Å². The minimum atomic E-state index is -0.714. The van der Waals surface area contributed by atoms with Crippen molar-refractivity contribution in [3.05, 3.63) is 39.9 Å². The minimum absolute atomic E-state index is 0.118. The van der Waals surface area contributed by atoms with Gasteiger partial charge in [-0.15, -0.1) is 0 Å². The van der Waals surface area contributed by atoms with Gasteiger partial charge in [-0.1, -0.05) is 27.2 Å². The second-order valence-electron chi connectivity index (χ2n) is 7.23. The Hall–Kier alpha value is -2.44. The first-order valence-electron chi connectivity index (χ1n) is 8.89. The Kier molecular flexibility index (Phi) is 6.71. The highest BCUT2D eigenvalue weighted by molar-refractivity contribution is 5.91. The van der Waals surface area contributed by atoms with Crippen LogP contribution in [0.5, 0.6) is 0 Å². The maximum absolute atomic E-state index is 12.1. The van der Waals surface area contributed by atoms with E-state index in [9.17, 15) is 19.7 Å². The molecule has 0 bridgehead atoms. The lowest BCUT2D eigenvalue weighted by molar-refractivity contribution is -0.384. The Morgan fingerprint density at radius 3 is 2.46 bits per heavy atom. The highest BCUT2D eigenvalue weighted by atomic mass is 16.6. The number of carbonyl (C=O) groups is 2. The number of non-ortho nitro benzene ring substituents is 1. The summed E-state index contributed by atoms with van der Waals surface area (Å²) >= 11 is 0. The summed E-state index contributed by atoms with van der Waals surface area (Å²) in [6, 6.07) is 5.02. The maximum atomic E-state index is 12.1. The van der Waals surface area contributed by atoms with Crippen molar-refractivity contribution < 1.29 is 24.0 Å². The third kappa shape index (κ3) is 5.28. The molecule has 7 heteroatoms. The molecule has 0 aromatic heterocycles. The van der Waals surface area contributed by atoms with Gasteiger partial charge in [-0.2, -0.15) is 0 Å². The first-order chi connectivity index (χ1) is 12.3. The second kappa shape index (κ2) is 8.78. The Morgan fingerprint density at radius 2 is 1.88 bits per heavy atom. The molecule has 3 atom stereocenters. The van der Waals surface area contributed by atoms with E-state index in [0.29, 0.717) is 17.8 Å². The van der Waals surface area contributed by atoms with Crippen LogP contribution < -0.4 is 0 Å². The van der Waals surface area contributed by atoms with Gasteiger partial charge in [-0.25, -0.2) is 9.59 Å². The van der Waals surface area contributed by atoms with Crippen molar-refractivity contribution in [2.45, 2.75) is 46.1 Å². The van der Waals surface area contributed by atoms with E-state index in [-0.39, 0.29) is 17.4 Å². The largest absolute Gasteiger partial charge is 0.460 e. The number of hydrogen-bond donors (Lipinski definition) is 0. The number of benzene rings is 1. The van der Waals surface area contributed by atoms with Gasteiger partial charge in [-0.3, -0.25) is 10.1 Å². The lowest BCUT2D eigenvalue weighted by atomic mass is 9.75. The van der Waals surface area contributed by atoms with Crippen molar-refractivity contribution in [3.8, 4) is 0 Å². The van der Waals surface area contributed by atoms with Crippen molar-refractivity contribution in [1.82, 2.24) is 0 Å². The van der Waals surface area contributed by atoms with E-state index in [0.717, 1.165) is 19.3 Å². The van der Waals surface area contributed by atoms with Crippen LogP contribution in [0.2, 0.25) is 0 Å². The van der Waals surface area contributed by atoms with Gasteiger partial charge in [-0.05, 0) is 42.7 Å². The van der Waals surface area contributed by atoms with Crippen LogP contribution in [0.25, 0.3) is 0 Å². The first kappa shape index (κ1) is 19.9. The summed E-state index contributed by atoms with van der Waals surface area (Å²) in [7, 11) is 0. The fourth-order valence-corrected chi connectivity index (χ4v) is 3.38. The Morgan fingerprint density at radius 1 is 1.23 bits per heavy atom. The molecule has 1 fully saturated rings. The van der Waals surface area contributed by atoms with Gasteiger partial charge in [0.25, 0.3) is 5.69 Å². The summed E-state index contributed by atoms with van der Waals surface area (Å²) in [5.74, 6) is -0.0341. The summed E-state index contributed by atoms with van der Waals surface area (Å²) in [4.78, 5) is 34.1. The topological polar surface area (TPSA) is 95.7 Å². The van der Waals surface area contributed by atoms with Crippen LogP contribution in [-0.4, -0.2) is 29.6 Å². The van der Waals surface area contributed by atoms with Gasteiger partial charge in [0.1, 0.15) is 6.10 Å². The van der Waals surface area contributed by atoms with Crippen LogP contribution in [-0.2, 0) is 14.3 Å². The van der Waals surface area contributed by atoms with Crippen molar-refractivity contribution in [3.63, 3.8) is 0 Å². The van der Waals surface area contributed by atoms with E-state index in [1.807, 2.05) is 0 Å². The van der Waals surface area contributed by atoms with E-state index in [2.05, 4.69) is 20.8 Å². The zero-order valence-electron chi connectivity index (χ0n) is 15.3. The van der Waals surface area contributed by atoms with E-state index < -0.39 is 23.5 Å². The number of ether oxygens (including phenoxy) is 2. The molecule has 26 heavy (non-hydrogen) atoms. The Bertz CT molecular complexity index is 654. The molecule has 0 radical (unpaired) electrons. The molecule has 0 spiro atoms. The molecule has 1 aromatic rings. The van der Waals surface area contributed by atoms with Crippen LogP contribution >= 0.6 is 0 Å². The molecule has 1 saturated carbocycles. The average molecular weight is 363 g/mol. The number of nitro benzene ring substituents is 1. The summed E-state index contributed by atoms with van der Waals surface area (Å²) in [5, 5.41) is 10.6. The summed E-state index contributed by atoms with van der Waals surface area (Å²) in [6.45, 7) is 5.92. The molecular weight excluding hydrogens is 338 g/mol. The highest BCUT2D eigenvalue weighted by Crippen LogP contribution is 2.35. The van der Waals surface area contributed by atoms with Gasteiger partial charge < -0.3 is 9.47 Å². The third-order valence-corrected chi connectivity index (χ3v) is 4.88. The first-order valence-corrected chi connectivity index (χ1v) is 8.89. The van der Waals surface area contributed by atoms with Gasteiger partial charge in [0.2, 0.25) is 0 Å². The SMILES string of the molecule is CC1CCC(C(C)C)C(OC(=O)COC(=O)c2ccc([N+](=O)[O-])cc2)C1. The zero-order chi connectivity index (χ0) is 19.3. The van der Waals surface area contributed by atoms with Gasteiger partial charge in [0.15, 0.2) is 6.61 Å². The maximum Gasteiger partial charge on any atom is 0.344 e. The van der Waals surface area contributed by atoms with Crippen molar-refractivity contribution in [2.24, 2.45) is 17.8 Å².